The van der Waals surface area contributed by atoms with Gasteiger partial charge in [-0.05, 0) is 39.2 Å². The van der Waals surface area contributed by atoms with Crippen LogP contribution in [0.5, 0.6) is 0 Å². The summed E-state index contributed by atoms with van der Waals surface area (Å²) in [6.45, 7) is 7.96. The predicted octanol–water partition coefficient (Wildman–Crippen LogP) is 1.56. The highest BCUT2D eigenvalue weighted by molar-refractivity contribution is 7.73. The van der Waals surface area contributed by atoms with Crippen LogP contribution in [0.3, 0.4) is 0 Å². The molecule has 0 amide bonds. The zero-order valence-corrected chi connectivity index (χ0v) is 11.9. The fraction of sp³-hybridized carbons (Fsp3) is 0.583. The molecule has 1 saturated heterocycles. The number of rotatable bonds is 1. The van der Waals surface area contributed by atoms with Gasteiger partial charge < -0.3 is 9.31 Å². The van der Waals surface area contributed by atoms with Crippen LogP contribution in [0.2, 0.25) is 0 Å². The van der Waals surface area contributed by atoms with Crippen molar-refractivity contribution in [3.05, 3.63) is 23.7 Å². The molecular formula is C12H17BO4S. The van der Waals surface area contributed by atoms with Crippen LogP contribution in [0.15, 0.2) is 23.7 Å². The van der Waals surface area contributed by atoms with E-state index in [4.69, 9.17) is 9.31 Å². The lowest BCUT2D eigenvalue weighted by Gasteiger charge is -2.32. The van der Waals surface area contributed by atoms with E-state index in [1.54, 1.807) is 12.2 Å². The summed E-state index contributed by atoms with van der Waals surface area (Å²) in [6.07, 6.45) is 5.58. The molecule has 2 aliphatic rings. The van der Waals surface area contributed by atoms with E-state index in [0.29, 0.717) is 11.3 Å². The Kier molecular flexibility index (Phi) is 3.29. The van der Waals surface area contributed by atoms with Crippen molar-refractivity contribution in [3.63, 3.8) is 0 Å². The second kappa shape index (κ2) is 4.37. The van der Waals surface area contributed by atoms with E-state index >= 15 is 0 Å². The highest BCUT2D eigenvalue weighted by Gasteiger charge is 2.52. The third-order valence-corrected chi connectivity index (χ3v) is 4.47. The zero-order chi connectivity index (χ0) is 13.6. The third-order valence-electron chi connectivity index (χ3n) is 3.74. The summed E-state index contributed by atoms with van der Waals surface area (Å²) in [5, 5.41) is 0. The van der Waals surface area contributed by atoms with Gasteiger partial charge in [0.25, 0.3) is 0 Å². The van der Waals surface area contributed by atoms with Crippen LogP contribution in [-0.2, 0) is 19.6 Å². The number of allylic oxidation sites excluding steroid dienone is 4. The van der Waals surface area contributed by atoms with Crippen LogP contribution < -0.4 is 0 Å². The summed E-state index contributed by atoms with van der Waals surface area (Å²) >= 11 is 0. The smallest absolute Gasteiger partial charge is 0.399 e. The molecule has 0 bridgehead atoms. The van der Waals surface area contributed by atoms with Crippen molar-refractivity contribution >= 4 is 22.3 Å². The molecule has 1 aliphatic carbocycles. The van der Waals surface area contributed by atoms with Gasteiger partial charge in [-0.1, -0.05) is 12.2 Å². The Balaban J connectivity index is 2.19. The van der Waals surface area contributed by atoms with Gasteiger partial charge >= 0.3 is 7.12 Å². The van der Waals surface area contributed by atoms with Crippen molar-refractivity contribution in [2.75, 3.05) is 0 Å². The molecule has 98 valence electrons. The molecule has 0 radical (unpaired) electrons. The summed E-state index contributed by atoms with van der Waals surface area (Å²) in [5.41, 5.74) is 0.123. The predicted molar refractivity (Wildman–Crippen MR) is 71.8 cm³/mol. The monoisotopic (exact) mass is 268 g/mol. The topological polar surface area (TPSA) is 52.6 Å². The van der Waals surface area contributed by atoms with Crippen LogP contribution in [0.4, 0.5) is 0 Å². The molecule has 0 N–H and O–H groups in total. The Morgan fingerprint density at radius 2 is 1.67 bits per heavy atom. The molecule has 0 atom stereocenters. The van der Waals surface area contributed by atoms with Gasteiger partial charge in [0, 0.05) is 6.42 Å². The molecule has 0 aromatic carbocycles. The normalized spacial score (nSPS) is 25.2. The maximum atomic E-state index is 10.8. The van der Waals surface area contributed by atoms with Gasteiger partial charge in [0.05, 0.1) is 16.1 Å². The Morgan fingerprint density at radius 1 is 1.11 bits per heavy atom. The van der Waals surface area contributed by atoms with Crippen molar-refractivity contribution in [2.24, 2.45) is 0 Å². The maximum absolute atomic E-state index is 10.8. The Bertz CT molecular complexity index is 531. The molecule has 0 spiro atoms. The van der Waals surface area contributed by atoms with E-state index < -0.39 is 17.4 Å². The molecule has 0 saturated carbocycles. The molecule has 18 heavy (non-hydrogen) atoms. The van der Waals surface area contributed by atoms with Gasteiger partial charge in [0.15, 0.2) is 0 Å². The van der Waals surface area contributed by atoms with Crippen molar-refractivity contribution in [1.29, 1.82) is 0 Å². The first-order valence-corrected chi connectivity index (χ1v) is 6.99. The highest BCUT2D eigenvalue weighted by Crippen LogP contribution is 2.39. The van der Waals surface area contributed by atoms with Crippen LogP contribution >= 0.6 is 0 Å². The zero-order valence-electron chi connectivity index (χ0n) is 11.1. The second-order valence-corrected chi connectivity index (χ2v) is 6.52. The van der Waals surface area contributed by atoms with E-state index in [1.165, 1.54) is 0 Å². The standard InChI is InChI=1S/C12H17BO4S/c1-11(2)12(3,4)17-13(16-11)9-5-7-10(8-6-9)18(14)15/h5-7H,8H2,1-4H3. The van der Waals surface area contributed by atoms with Crippen molar-refractivity contribution in [3.8, 4) is 0 Å². The summed E-state index contributed by atoms with van der Waals surface area (Å²) < 4.78 is 33.4. The molecule has 4 nitrogen and oxygen atoms in total. The average molecular weight is 268 g/mol. The van der Waals surface area contributed by atoms with Gasteiger partial charge in [-0.2, -0.15) is 8.42 Å². The fourth-order valence-corrected chi connectivity index (χ4v) is 2.22. The van der Waals surface area contributed by atoms with Crippen molar-refractivity contribution < 1.29 is 17.7 Å². The van der Waals surface area contributed by atoms with E-state index in [0.717, 1.165) is 5.47 Å². The minimum absolute atomic E-state index is 0.377. The fourth-order valence-electron chi connectivity index (χ4n) is 1.82. The lowest BCUT2D eigenvalue weighted by Crippen LogP contribution is -2.41. The van der Waals surface area contributed by atoms with Gasteiger partial charge in [-0.15, -0.1) is 0 Å². The van der Waals surface area contributed by atoms with Crippen LogP contribution in [-0.4, -0.2) is 31.6 Å². The van der Waals surface area contributed by atoms with E-state index in [2.05, 4.69) is 0 Å². The van der Waals surface area contributed by atoms with E-state index in [9.17, 15) is 8.42 Å². The molecule has 0 unspecified atom stereocenters. The quantitative estimate of drug-likeness (QED) is 0.535. The highest BCUT2D eigenvalue weighted by atomic mass is 32.2. The average Bonchev–Trinajstić information content (AvgIpc) is 2.48. The molecule has 0 aromatic rings. The third kappa shape index (κ3) is 2.32. The molecule has 2 rings (SSSR count). The first-order valence-electron chi connectivity index (χ1n) is 5.92. The molecular weight excluding hydrogens is 251 g/mol. The van der Waals surface area contributed by atoms with E-state index in [1.807, 2.05) is 33.8 Å². The molecule has 0 aromatic heterocycles. The van der Waals surface area contributed by atoms with Gasteiger partial charge in [-0.25, -0.2) is 0 Å². The second-order valence-electron chi connectivity index (χ2n) is 5.53. The Labute approximate surface area is 109 Å². The maximum Gasteiger partial charge on any atom is 0.494 e. The Hall–Kier alpha value is -0.845. The lowest BCUT2D eigenvalue weighted by molar-refractivity contribution is 0.00578. The van der Waals surface area contributed by atoms with Gasteiger partial charge in [0.1, 0.15) is 0 Å². The minimum Gasteiger partial charge on any atom is -0.399 e. The van der Waals surface area contributed by atoms with Crippen LogP contribution in [0.1, 0.15) is 34.1 Å². The first kappa shape index (κ1) is 13.6. The lowest BCUT2D eigenvalue weighted by atomic mass is 9.76. The summed E-state index contributed by atoms with van der Waals surface area (Å²) in [4.78, 5) is 0.385. The van der Waals surface area contributed by atoms with Crippen LogP contribution in [0.25, 0.3) is 0 Å². The molecule has 1 fully saturated rings. The number of hydrogen-bond acceptors (Lipinski definition) is 4. The molecule has 1 heterocycles. The largest absolute Gasteiger partial charge is 0.494 e. The SMILES string of the molecule is CC1(C)OB(C2=CCC(=S(=O)=O)C=C2)OC1(C)C. The van der Waals surface area contributed by atoms with Gasteiger partial charge in [0.2, 0.25) is 10.3 Å². The Morgan fingerprint density at radius 3 is 2.06 bits per heavy atom. The summed E-state index contributed by atoms with van der Waals surface area (Å²) in [6, 6.07) is 0. The number of hydrogen-bond donors (Lipinski definition) is 0. The summed E-state index contributed by atoms with van der Waals surface area (Å²) in [7, 11) is -2.57. The van der Waals surface area contributed by atoms with E-state index in [-0.39, 0.29) is 11.2 Å². The summed E-state index contributed by atoms with van der Waals surface area (Å²) in [5.74, 6) is 0. The molecule has 1 aliphatic heterocycles. The van der Waals surface area contributed by atoms with Gasteiger partial charge in [-0.3, -0.25) is 0 Å². The van der Waals surface area contributed by atoms with Crippen LogP contribution in [0, 0.1) is 0 Å². The minimum atomic E-state index is -2.15. The van der Waals surface area contributed by atoms with Crippen molar-refractivity contribution in [1.82, 2.24) is 0 Å². The first-order chi connectivity index (χ1) is 8.23. The van der Waals surface area contributed by atoms with Crippen molar-refractivity contribution in [2.45, 2.75) is 45.3 Å². The molecule has 6 heteroatoms.